The summed E-state index contributed by atoms with van der Waals surface area (Å²) in [5.41, 5.74) is 7.30. The summed E-state index contributed by atoms with van der Waals surface area (Å²) < 4.78 is 11.2. The van der Waals surface area contributed by atoms with Gasteiger partial charge in [0, 0.05) is 24.5 Å². The van der Waals surface area contributed by atoms with Gasteiger partial charge in [-0.2, -0.15) is 0 Å². The SMILES string of the molecule is CC(N)C1CCCCN1C(=O)C1CC1c1ccc2c(c1)OCCO2. The van der Waals surface area contributed by atoms with E-state index < -0.39 is 0 Å². The Morgan fingerprint density at radius 1 is 1.25 bits per heavy atom. The van der Waals surface area contributed by atoms with Gasteiger partial charge in [-0.15, -0.1) is 0 Å². The summed E-state index contributed by atoms with van der Waals surface area (Å²) in [7, 11) is 0. The van der Waals surface area contributed by atoms with Crippen LogP contribution in [0.2, 0.25) is 0 Å². The molecule has 0 spiro atoms. The molecule has 4 rings (SSSR count). The van der Waals surface area contributed by atoms with Crippen LogP contribution in [0.25, 0.3) is 0 Å². The van der Waals surface area contributed by atoms with Crippen LogP contribution in [-0.2, 0) is 4.79 Å². The number of likely N-dealkylation sites (tertiary alicyclic amines) is 1. The van der Waals surface area contributed by atoms with E-state index in [1.165, 1.54) is 12.0 Å². The van der Waals surface area contributed by atoms with Gasteiger partial charge in [0.25, 0.3) is 0 Å². The predicted octanol–water partition coefficient (Wildman–Crippen LogP) is 2.29. The van der Waals surface area contributed by atoms with Gasteiger partial charge in [-0.1, -0.05) is 6.07 Å². The quantitative estimate of drug-likeness (QED) is 0.923. The Morgan fingerprint density at radius 3 is 2.83 bits per heavy atom. The van der Waals surface area contributed by atoms with Crippen LogP contribution in [0.4, 0.5) is 0 Å². The molecule has 5 nitrogen and oxygen atoms in total. The molecule has 1 aliphatic carbocycles. The summed E-state index contributed by atoms with van der Waals surface area (Å²) >= 11 is 0. The van der Waals surface area contributed by atoms with Crippen LogP contribution in [0.3, 0.4) is 0 Å². The highest BCUT2D eigenvalue weighted by Gasteiger charge is 2.47. The molecular weight excluding hydrogens is 304 g/mol. The highest BCUT2D eigenvalue weighted by atomic mass is 16.6. The summed E-state index contributed by atoms with van der Waals surface area (Å²) in [6.45, 7) is 4.06. The van der Waals surface area contributed by atoms with Crippen molar-refractivity contribution in [3.63, 3.8) is 0 Å². The third-order valence-electron chi connectivity index (χ3n) is 5.54. The van der Waals surface area contributed by atoms with Gasteiger partial charge in [-0.05, 0) is 56.2 Å². The predicted molar refractivity (Wildman–Crippen MR) is 91.3 cm³/mol. The Bertz CT molecular complexity index is 631. The Labute approximate surface area is 143 Å². The highest BCUT2D eigenvalue weighted by Crippen LogP contribution is 2.50. The number of fused-ring (bicyclic) bond motifs is 1. The molecule has 1 aromatic carbocycles. The maximum absolute atomic E-state index is 13.0. The molecular formula is C19H26N2O3. The standard InChI is InChI=1S/C19H26N2O3/c1-12(20)16-4-2-3-7-21(16)19(22)15-11-14(15)13-5-6-17-18(10-13)24-9-8-23-17/h5-6,10,12,14-16H,2-4,7-9,11,20H2,1H3. The molecule has 2 heterocycles. The molecule has 5 heteroatoms. The third-order valence-corrected chi connectivity index (χ3v) is 5.54. The van der Waals surface area contributed by atoms with Crippen molar-refractivity contribution in [1.82, 2.24) is 4.90 Å². The maximum Gasteiger partial charge on any atom is 0.226 e. The Kier molecular flexibility index (Phi) is 4.12. The fourth-order valence-corrected chi connectivity index (χ4v) is 4.12. The number of ether oxygens (including phenoxy) is 2. The first kappa shape index (κ1) is 15.8. The molecule has 2 N–H and O–H groups in total. The minimum Gasteiger partial charge on any atom is -0.486 e. The van der Waals surface area contributed by atoms with E-state index in [1.54, 1.807) is 0 Å². The summed E-state index contributed by atoms with van der Waals surface area (Å²) in [5.74, 6) is 2.32. The van der Waals surface area contributed by atoms with E-state index >= 15 is 0 Å². The van der Waals surface area contributed by atoms with Gasteiger partial charge in [0.05, 0.1) is 0 Å². The minimum absolute atomic E-state index is 0.0424. The van der Waals surface area contributed by atoms with Gasteiger partial charge in [0.2, 0.25) is 5.91 Å². The van der Waals surface area contributed by atoms with Crippen molar-refractivity contribution < 1.29 is 14.3 Å². The minimum atomic E-state index is 0.0424. The zero-order valence-corrected chi connectivity index (χ0v) is 14.2. The van der Waals surface area contributed by atoms with Gasteiger partial charge in [0.15, 0.2) is 11.5 Å². The molecule has 130 valence electrons. The van der Waals surface area contributed by atoms with E-state index in [0.29, 0.717) is 19.1 Å². The molecule has 3 aliphatic rings. The summed E-state index contributed by atoms with van der Waals surface area (Å²) in [6, 6.07) is 6.33. The Hall–Kier alpha value is -1.75. The molecule has 4 atom stereocenters. The van der Waals surface area contributed by atoms with Crippen LogP contribution in [0.15, 0.2) is 18.2 Å². The summed E-state index contributed by atoms with van der Waals surface area (Å²) in [6.07, 6.45) is 4.23. The molecule has 1 saturated heterocycles. The molecule has 2 fully saturated rings. The second-order valence-corrected chi connectivity index (χ2v) is 7.31. The van der Waals surface area contributed by atoms with Crippen molar-refractivity contribution >= 4 is 5.91 Å². The number of nitrogens with two attached hydrogens (primary N) is 1. The second-order valence-electron chi connectivity index (χ2n) is 7.31. The number of nitrogens with zero attached hydrogens (tertiary/aromatic N) is 1. The van der Waals surface area contributed by atoms with Crippen LogP contribution in [0.5, 0.6) is 11.5 Å². The first-order valence-electron chi connectivity index (χ1n) is 9.11. The lowest BCUT2D eigenvalue weighted by atomic mass is 9.96. The number of carbonyl (C=O) groups excluding carboxylic acids is 1. The van der Waals surface area contributed by atoms with Gasteiger partial charge in [-0.25, -0.2) is 0 Å². The first-order valence-corrected chi connectivity index (χ1v) is 9.11. The average molecular weight is 330 g/mol. The molecule has 2 aliphatic heterocycles. The molecule has 0 bridgehead atoms. The highest BCUT2D eigenvalue weighted by molar-refractivity contribution is 5.83. The van der Waals surface area contributed by atoms with Crippen LogP contribution in [-0.4, -0.2) is 42.6 Å². The lowest BCUT2D eigenvalue weighted by molar-refractivity contribution is -0.136. The molecule has 1 aromatic rings. The lowest BCUT2D eigenvalue weighted by Crippen LogP contribution is -2.52. The molecule has 1 amide bonds. The van der Waals surface area contributed by atoms with Crippen molar-refractivity contribution in [2.24, 2.45) is 11.7 Å². The van der Waals surface area contributed by atoms with Gasteiger partial charge in [0.1, 0.15) is 13.2 Å². The molecule has 0 radical (unpaired) electrons. The smallest absolute Gasteiger partial charge is 0.226 e. The Morgan fingerprint density at radius 2 is 2.04 bits per heavy atom. The lowest BCUT2D eigenvalue weighted by Gasteiger charge is -2.38. The van der Waals surface area contributed by atoms with E-state index in [9.17, 15) is 4.79 Å². The molecule has 4 unspecified atom stereocenters. The second kappa shape index (κ2) is 6.28. The number of benzene rings is 1. The van der Waals surface area contributed by atoms with Crippen molar-refractivity contribution in [3.8, 4) is 11.5 Å². The summed E-state index contributed by atoms with van der Waals surface area (Å²) in [4.78, 5) is 15.0. The number of piperidine rings is 1. The van der Waals surface area contributed by atoms with E-state index in [0.717, 1.165) is 37.3 Å². The molecule has 0 aromatic heterocycles. The average Bonchev–Trinajstić information content (AvgIpc) is 3.41. The maximum atomic E-state index is 13.0. The zero-order chi connectivity index (χ0) is 16.7. The van der Waals surface area contributed by atoms with Crippen LogP contribution >= 0.6 is 0 Å². The topological polar surface area (TPSA) is 64.8 Å². The van der Waals surface area contributed by atoms with Crippen molar-refractivity contribution in [2.75, 3.05) is 19.8 Å². The normalized spacial score (nSPS) is 29.9. The zero-order valence-electron chi connectivity index (χ0n) is 14.2. The van der Waals surface area contributed by atoms with Gasteiger partial charge in [-0.3, -0.25) is 4.79 Å². The van der Waals surface area contributed by atoms with Gasteiger partial charge < -0.3 is 20.1 Å². The number of carbonyl (C=O) groups is 1. The fraction of sp³-hybridized carbons (Fsp3) is 0.632. The van der Waals surface area contributed by atoms with Crippen LogP contribution < -0.4 is 15.2 Å². The van der Waals surface area contributed by atoms with E-state index in [2.05, 4.69) is 11.0 Å². The summed E-state index contributed by atoms with van der Waals surface area (Å²) in [5, 5.41) is 0. The van der Waals surface area contributed by atoms with Crippen molar-refractivity contribution in [3.05, 3.63) is 23.8 Å². The largest absolute Gasteiger partial charge is 0.486 e. The monoisotopic (exact) mass is 330 g/mol. The van der Waals surface area contributed by atoms with Crippen LogP contribution in [0, 0.1) is 5.92 Å². The number of hydrogen-bond donors (Lipinski definition) is 1. The third kappa shape index (κ3) is 2.86. The molecule has 24 heavy (non-hydrogen) atoms. The van der Waals surface area contributed by atoms with Crippen LogP contribution in [0.1, 0.15) is 44.1 Å². The van der Waals surface area contributed by atoms with Gasteiger partial charge >= 0.3 is 0 Å². The van der Waals surface area contributed by atoms with E-state index in [1.807, 2.05) is 19.1 Å². The Balaban J connectivity index is 1.46. The number of hydrogen-bond acceptors (Lipinski definition) is 4. The van der Waals surface area contributed by atoms with E-state index in [4.69, 9.17) is 15.2 Å². The number of rotatable bonds is 3. The fourth-order valence-electron chi connectivity index (χ4n) is 4.12. The molecule has 1 saturated carbocycles. The van der Waals surface area contributed by atoms with Crippen molar-refractivity contribution in [1.29, 1.82) is 0 Å². The van der Waals surface area contributed by atoms with E-state index in [-0.39, 0.29) is 23.9 Å². The van der Waals surface area contributed by atoms with Crippen molar-refractivity contribution in [2.45, 2.75) is 50.6 Å². The number of amides is 1. The first-order chi connectivity index (χ1) is 11.6.